The lowest BCUT2D eigenvalue weighted by Gasteiger charge is -2.07. The van der Waals surface area contributed by atoms with Gasteiger partial charge in [-0.05, 0) is 19.1 Å². The van der Waals surface area contributed by atoms with Crippen molar-refractivity contribution in [3.05, 3.63) is 24.4 Å². The molecule has 20 heavy (non-hydrogen) atoms. The minimum absolute atomic E-state index is 0.111. The first-order chi connectivity index (χ1) is 9.45. The Morgan fingerprint density at radius 2 is 2.20 bits per heavy atom. The van der Waals surface area contributed by atoms with Crippen molar-refractivity contribution in [1.29, 1.82) is 0 Å². The minimum atomic E-state index is -3.92. The average Bonchev–Trinajstić information content (AvgIpc) is 2.73. The van der Waals surface area contributed by atoms with E-state index in [4.69, 9.17) is 5.73 Å². The maximum absolute atomic E-state index is 12.2. The molecule has 1 amide bonds. The van der Waals surface area contributed by atoms with Gasteiger partial charge in [-0.15, -0.1) is 0 Å². The number of anilines is 1. The van der Waals surface area contributed by atoms with E-state index in [1.165, 1.54) is 4.40 Å². The van der Waals surface area contributed by atoms with Gasteiger partial charge < -0.3 is 11.1 Å². The standard InChI is InChI=1S/C11H15N5O3S/c1-2-13-9(17)7-14-20(18,19)11-10(12)15-8-5-3-4-6-16(8)11/h3-6,14H,2,7,12H2,1H3,(H,13,17). The van der Waals surface area contributed by atoms with Gasteiger partial charge in [0, 0.05) is 12.7 Å². The molecule has 0 aliphatic heterocycles. The van der Waals surface area contributed by atoms with E-state index in [0.29, 0.717) is 12.2 Å². The number of imidazole rings is 1. The molecule has 2 heterocycles. The first-order valence-electron chi connectivity index (χ1n) is 5.94. The molecule has 0 radical (unpaired) electrons. The summed E-state index contributed by atoms with van der Waals surface area (Å²) in [7, 11) is -3.92. The molecule has 2 aromatic heterocycles. The number of sulfonamides is 1. The number of amides is 1. The molecule has 4 N–H and O–H groups in total. The third-order valence-corrected chi connectivity index (χ3v) is 4.00. The first-order valence-corrected chi connectivity index (χ1v) is 7.43. The summed E-state index contributed by atoms with van der Waals surface area (Å²) in [6, 6.07) is 5.02. The van der Waals surface area contributed by atoms with Gasteiger partial charge in [0.05, 0.1) is 6.54 Å². The zero-order valence-electron chi connectivity index (χ0n) is 10.8. The first kappa shape index (κ1) is 14.3. The lowest BCUT2D eigenvalue weighted by atomic mass is 10.5. The largest absolute Gasteiger partial charge is 0.381 e. The van der Waals surface area contributed by atoms with Crippen LogP contribution >= 0.6 is 0 Å². The summed E-state index contributed by atoms with van der Waals surface area (Å²) >= 11 is 0. The molecule has 2 aromatic rings. The van der Waals surface area contributed by atoms with Crippen molar-refractivity contribution in [3.63, 3.8) is 0 Å². The molecular weight excluding hydrogens is 282 g/mol. The van der Waals surface area contributed by atoms with E-state index in [1.807, 2.05) is 0 Å². The predicted molar refractivity (Wildman–Crippen MR) is 73.5 cm³/mol. The van der Waals surface area contributed by atoms with Crippen LogP contribution in [0.5, 0.6) is 0 Å². The summed E-state index contributed by atoms with van der Waals surface area (Å²) in [5, 5.41) is 2.33. The fraction of sp³-hybridized carbons (Fsp3) is 0.273. The number of hydrogen-bond acceptors (Lipinski definition) is 5. The molecule has 0 bridgehead atoms. The maximum Gasteiger partial charge on any atom is 0.260 e. The van der Waals surface area contributed by atoms with Crippen molar-refractivity contribution in [2.75, 3.05) is 18.8 Å². The van der Waals surface area contributed by atoms with Crippen LogP contribution in [0, 0.1) is 0 Å². The molecule has 0 aromatic carbocycles. The van der Waals surface area contributed by atoms with Crippen molar-refractivity contribution in [2.45, 2.75) is 11.9 Å². The fourth-order valence-electron chi connectivity index (χ4n) is 1.75. The van der Waals surface area contributed by atoms with Gasteiger partial charge in [-0.3, -0.25) is 9.20 Å². The number of aromatic nitrogens is 2. The molecule has 0 unspecified atom stereocenters. The highest BCUT2D eigenvalue weighted by molar-refractivity contribution is 7.89. The molecule has 9 heteroatoms. The third kappa shape index (κ3) is 2.73. The highest BCUT2D eigenvalue weighted by atomic mass is 32.2. The van der Waals surface area contributed by atoms with Crippen LogP contribution in [0.25, 0.3) is 5.65 Å². The Balaban J connectivity index is 2.32. The Kier molecular flexibility index (Phi) is 3.91. The minimum Gasteiger partial charge on any atom is -0.381 e. The van der Waals surface area contributed by atoms with Crippen LogP contribution in [0.4, 0.5) is 5.82 Å². The van der Waals surface area contributed by atoms with Gasteiger partial charge in [0.25, 0.3) is 10.0 Å². The highest BCUT2D eigenvalue weighted by Gasteiger charge is 2.24. The number of carbonyl (C=O) groups is 1. The molecule has 0 aliphatic carbocycles. The van der Waals surface area contributed by atoms with Crippen LogP contribution in [0.1, 0.15) is 6.92 Å². The maximum atomic E-state index is 12.2. The van der Waals surface area contributed by atoms with E-state index in [-0.39, 0.29) is 17.4 Å². The highest BCUT2D eigenvalue weighted by Crippen LogP contribution is 2.19. The average molecular weight is 297 g/mol. The lowest BCUT2D eigenvalue weighted by Crippen LogP contribution is -2.37. The second kappa shape index (κ2) is 5.47. The molecule has 0 aliphatic rings. The zero-order valence-corrected chi connectivity index (χ0v) is 11.6. The molecule has 0 saturated heterocycles. The number of nitrogens with zero attached hydrogens (tertiary/aromatic N) is 2. The smallest absolute Gasteiger partial charge is 0.260 e. The van der Waals surface area contributed by atoms with Crippen LogP contribution in [0.15, 0.2) is 29.4 Å². The molecule has 108 valence electrons. The predicted octanol–water partition coefficient (Wildman–Crippen LogP) is -0.669. The van der Waals surface area contributed by atoms with Crippen molar-refractivity contribution in [3.8, 4) is 0 Å². The van der Waals surface area contributed by atoms with Crippen LogP contribution in [0.3, 0.4) is 0 Å². The number of nitrogens with two attached hydrogens (primary N) is 1. The SMILES string of the molecule is CCNC(=O)CNS(=O)(=O)c1c(N)nc2ccccn12. The number of pyridine rings is 1. The zero-order chi connectivity index (χ0) is 14.8. The van der Waals surface area contributed by atoms with Crippen molar-refractivity contribution < 1.29 is 13.2 Å². The molecule has 2 rings (SSSR count). The number of likely N-dealkylation sites (N-methyl/N-ethyl adjacent to an activating group) is 1. The van der Waals surface area contributed by atoms with E-state index in [2.05, 4.69) is 15.0 Å². The normalized spacial score (nSPS) is 11.7. The molecule has 0 saturated carbocycles. The van der Waals surface area contributed by atoms with Crippen molar-refractivity contribution in [2.24, 2.45) is 0 Å². The van der Waals surface area contributed by atoms with Gasteiger partial charge in [0.2, 0.25) is 5.91 Å². The van der Waals surface area contributed by atoms with Crippen molar-refractivity contribution >= 4 is 27.4 Å². The number of fused-ring (bicyclic) bond motifs is 1. The van der Waals surface area contributed by atoms with Gasteiger partial charge in [-0.2, -0.15) is 0 Å². The Labute approximate surface area is 116 Å². The Bertz CT molecular complexity index is 738. The van der Waals surface area contributed by atoms with Gasteiger partial charge >= 0.3 is 0 Å². The van der Waals surface area contributed by atoms with Crippen molar-refractivity contribution in [1.82, 2.24) is 19.4 Å². The van der Waals surface area contributed by atoms with Gasteiger partial charge in [0.1, 0.15) is 5.65 Å². The van der Waals surface area contributed by atoms with Gasteiger partial charge in [0.15, 0.2) is 10.8 Å². The third-order valence-electron chi connectivity index (χ3n) is 2.56. The van der Waals surface area contributed by atoms with E-state index >= 15 is 0 Å². The molecule has 0 atom stereocenters. The lowest BCUT2D eigenvalue weighted by molar-refractivity contribution is -0.119. The van der Waals surface area contributed by atoms with E-state index < -0.39 is 15.9 Å². The molecule has 0 fully saturated rings. The quantitative estimate of drug-likeness (QED) is 0.676. The summed E-state index contributed by atoms with van der Waals surface area (Å²) in [5.41, 5.74) is 6.07. The number of carbonyl (C=O) groups excluding carboxylic acids is 1. The topological polar surface area (TPSA) is 119 Å². The fourth-order valence-corrected chi connectivity index (χ4v) is 2.94. The molecule has 8 nitrogen and oxygen atoms in total. The van der Waals surface area contributed by atoms with Crippen LogP contribution in [0.2, 0.25) is 0 Å². The van der Waals surface area contributed by atoms with Gasteiger partial charge in [-0.25, -0.2) is 18.1 Å². The summed E-state index contributed by atoms with van der Waals surface area (Å²) in [6.07, 6.45) is 1.54. The summed E-state index contributed by atoms with van der Waals surface area (Å²) in [4.78, 5) is 15.3. The Morgan fingerprint density at radius 1 is 1.45 bits per heavy atom. The second-order valence-corrected chi connectivity index (χ2v) is 5.69. The summed E-state index contributed by atoms with van der Waals surface area (Å²) in [6.45, 7) is 1.82. The van der Waals surface area contributed by atoms with Crippen LogP contribution in [-0.2, 0) is 14.8 Å². The Hall–Kier alpha value is -2.13. The monoisotopic (exact) mass is 297 g/mol. The summed E-state index contributed by atoms with van der Waals surface area (Å²) < 4.78 is 28.0. The van der Waals surface area contributed by atoms with Gasteiger partial charge in [-0.1, -0.05) is 6.07 Å². The number of rotatable bonds is 5. The van der Waals surface area contributed by atoms with Crippen LogP contribution in [-0.4, -0.2) is 36.8 Å². The molecule has 0 spiro atoms. The summed E-state index contributed by atoms with van der Waals surface area (Å²) in [5.74, 6) is -0.525. The number of hydrogen-bond donors (Lipinski definition) is 3. The van der Waals surface area contributed by atoms with E-state index in [1.54, 1.807) is 31.3 Å². The Morgan fingerprint density at radius 3 is 2.90 bits per heavy atom. The second-order valence-electron chi connectivity index (χ2n) is 4.01. The van der Waals surface area contributed by atoms with E-state index in [0.717, 1.165) is 0 Å². The molecular formula is C11H15N5O3S. The van der Waals surface area contributed by atoms with Crippen LogP contribution < -0.4 is 15.8 Å². The van der Waals surface area contributed by atoms with E-state index in [9.17, 15) is 13.2 Å². The number of nitrogens with one attached hydrogen (secondary N) is 2. The number of nitrogen functional groups attached to an aromatic ring is 1.